The monoisotopic (exact) mass is 247 g/mol. The molecule has 1 saturated heterocycles. The topological polar surface area (TPSA) is 42.1 Å². The zero-order valence-corrected chi connectivity index (χ0v) is 11.8. The van der Waals surface area contributed by atoms with Crippen LogP contribution in [0.15, 0.2) is 18.3 Å². The molecule has 0 aliphatic carbocycles. The Hall–Kier alpha value is -0.930. The van der Waals surface area contributed by atoms with Gasteiger partial charge in [0.25, 0.3) is 0 Å². The van der Waals surface area contributed by atoms with Gasteiger partial charge in [-0.05, 0) is 44.7 Å². The maximum absolute atomic E-state index is 6.03. The largest absolute Gasteiger partial charge is 0.329 e. The van der Waals surface area contributed by atoms with Gasteiger partial charge in [0.1, 0.15) is 0 Å². The lowest BCUT2D eigenvalue weighted by Gasteiger charge is -2.35. The molecule has 3 unspecified atom stereocenters. The van der Waals surface area contributed by atoms with Gasteiger partial charge in [0, 0.05) is 36.6 Å². The minimum absolute atomic E-state index is 0.320. The second kappa shape index (κ2) is 5.81. The van der Waals surface area contributed by atoms with Gasteiger partial charge in [0.05, 0.1) is 0 Å². The molecule has 100 valence electrons. The third-order valence-electron chi connectivity index (χ3n) is 4.22. The normalized spacial score (nSPS) is 26.4. The Bertz CT molecular complexity index is 374. The van der Waals surface area contributed by atoms with Gasteiger partial charge in [0.2, 0.25) is 0 Å². The fourth-order valence-electron chi connectivity index (χ4n) is 3.17. The van der Waals surface area contributed by atoms with Gasteiger partial charge in [0.15, 0.2) is 0 Å². The average Bonchev–Trinajstić information content (AvgIpc) is 2.74. The number of aromatic nitrogens is 1. The summed E-state index contributed by atoms with van der Waals surface area (Å²) >= 11 is 0. The fraction of sp³-hybridized carbons (Fsp3) is 0.667. The molecule has 0 aromatic carbocycles. The summed E-state index contributed by atoms with van der Waals surface area (Å²) in [6, 6.07) is 5.89. The summed E-state index contributed by atoms with van der Waals surface area (Å²) in [6.45, 7) is 7.29. The van der Waals surface area contributed by atoms with Gasteiger partial charge >= 0.3 is 0 Å². The molecule has 0 saturated carbocycles. The summed E-state index contributed by atoms with van der Waals surface area (Å²) in [6.07, 6.45) is 5.78. The lowest BCUT2D eigenvalue weighted by Crippen LogP contribution is -2.41. The predicted octanol–water partition coefficient (Wildman–Crippen LogP) is 2.65. The van der Waals surface area contributed by atoms with Crippen molar-refractivity contribution >= 4 is 0 Å². The van der Waals surface area contributed by atoms with Crippen molar-refractivity contribution in [2.24, 2.45) is 5.73 Å². The molecule has 0 spiro atoms. The molecule has 1 aromatic rings. The number of nitrogens with two attached hydrogens (primary N) is 1. The summed E-state index contributed by atoms with van der Waals surface area (Å²) < 4.78 is 0. The van der Waals surface area contributed by atoms with E-state index in [4.69, 9.17) is 5.73 Å². The van der Waals surface area contributed by atoms with Gasteiger partial charge in [-0.25, -0.2) is 0 Å². The van der Waals surface area contributed by atoms with Crippen LogP contribution in [0, 0.1) is 6.92 Å². The Balaban J connectivity index is 2.24. The molecule has 2 heterocycles. The first kappa shape index (κ1) is 13.5. The van der Waals surface area contributed by atoms with Crippen LogP contribution >= 0.6 is 0 Å². The number of hydrogen-bond acceptors (Lipinski definition) is 3. The molecule has 3 heteroatoms. The SMILES string of the molecule is CCC1CCC(C)N1C(CN)c1ccc(C)nc1. The van der Waals surface area contributed by atoms with E-state index in [0.29, 0.717) is 24.7 Å². The second-order valence-corrected chi connectivity index (χ2v) is 5.42. The van der Waals surface area contributed by atoms with E-state index < -0.39 is 0 Å². The van der Waals surface area contributed by atoms with E-state index >= 15 is 0 Å². The molecule has 3 atom stereocenters. The molecule has 18 heavy (non-hydrogen) atoms. The molecule has 2 N–H and O–H groups in total. The minimum Gasteiger partial charge on any atom is -0.329 e. The van der Waals surface area contributed by atoms with E-state index in [1.807, 2.05) is 13.1 Å². The summed E-state index contributed by atoms with van der Waals surface area (Å²) in [5.41, 5.74) is 8.36. The van der Waals surface area contributed by atoms with Crippen molar-refractivity contribution in [1.29, 1.82) is 0 Å². The molecular weight excluding hydrogens is 222 g/mol. The highest BCUT2D eigenvalue weighted by Gasteiger charge is 2.34. The molecule has 3 nitrogen and oxygen atoms in total. The Kier molecular flexibility index (Phi) is 4.36. The summed E-state index contributed by atoms with van der Waals surface area (Å²) in [7, 11) is 0. The van der Waals surface area contributed by atoms with Crippen molar-refractivity contribution in [3.8, 4) is 0 Å². The number of likely N-dealkylation sites (tertiary alicyclic amines) is 1. The molecule has 0 bridgehead atoms. The van der Waals surface area contributed by atoms with Crippen LogP contribution in [0.4, 0.5) is 0 Å². The van der Waals surface area contributed by atoms with Gasteiger partial charge in [-0.2, -0.15) is 0 Å². The number of nitrogens with zero attached hydrogens (tertiary/aromatic N) is 2. The van der Waals surface area contributed by atoms with Gasteiger partial charge in [-0.15, -0.1) is 0 Å². The smallest absolute Gasteiger partial charge is 0.0491 e. The van der Waals surface area contributed by atoms with Crippen molar-refractivity contribution in [3.63, 3.8) is 0 Å². The van der Waals surface area contributed by atoms with Gasteiger partial charge < -0.3 is 5.73 Å². The molecule has 1 fully saturated rings. The number of pyridine rings is 1. The van der Waals surface area contributed by atoms with Gasteiger partial charge in [-0.1, -0.05) is 13.0 Å². The number of aryl methyl sites for hydroxylation is 1. The summed E-state index contributed by atoms with van der Waals surface area (Å²) in [4.78, 5) is 7.02. The summed E-state index contributed by atoms with van der Waals surface area (Å²) in [5, 5.41) is 0. The standard InChI is InChI=1S/C15H25N3/c1-4-14-8-6-12(3)18(14)15(9-16)13-7-5-11(2)17-10-13/h5,7,10,12,14-15H,4,6,8-9,16H2,1-3H3. The van der Waals surface area contributed by atoms with Crippen molar-refractivity contribution in [3.05, 3.63) is 29.6 Å². The first-order valence-electron chi connectivity index (χ1n) is 7.07. The van der Waals surface area contributed by atoms with Crippen LogP contribution in [0.25, 0.3) is 0 Å². The highest BCUT2D eigenvalue weighted by Crippen LogP contribution is 2.34. The quantitative estimate of drug-likeness (QED) is 0.889. The maximum atomic E-state index is 6.03. The van der Waals surface area contributed by atoms with Crippen molar-refractivity contribution in [2.45, 2.75) is 58.2 Å². The van der Waals surface area contributed by atoms with E-state index in [2.05, 4.69) is 35.9 Å². The van der Waals surface area contributed by atoms with E-state index in [-0.39, 0.29) is 0 Å². The molecule has 0 amide bonds. The van der Waals surface area contributed by atoms with Crippen molar-refractivity contribution in [1.82, 2.24) is 9.88 Å². The van der Waals surface area contributed by atoms with Crippen LogP contribution < -0.4 is 5.73 Å². The highest BCUT2D eigenvalue weighted by molar-refractivity contribution is 5.19. The van der Waals surface area contributed by atoms with E-state index in [0.717, 1.165) is 5.69 Å². The second-order valence-electron chi connectivity index (χ2n) is 5.42. The van der Waals surface area contributed by atoms with Crippen LogP contribution in [-0.4, -0.2) is 28.5 Å². The van der Waals surface area contributed by atoms with Crippen LogP contribution in [0.3, 0.4) is 0 Å². The first-order valence-corrected chi connectivity index (χ1v) is 7.07. The van der Waals surface area contributed by atoms with Crippen LogP contribution in [0.5, 0.6) is 0 Å². The van der Waals surface area contributed by atoms with Crippen LogP contribution in [-0.2, 0) is 0 Å². The van der Waals surface area contributed by atoms with E-state index in [1.54, 1.807) is 0 Å². The Labute approximate surface area is 110 Å². The van der Waals surface area contributed by atoms with Crippen molar-refractivity contribution < 1.29 is 0 Å². The lowest BCUT2D eigenvalue weighted by atomic mass is 10.0. The van der Waals surface area contributed by atoms with E-state index in [9.17, 15) is 0 Å². The average molecular weight is 247 g/mol. The van der Waals surface area contributed by atoms with Crippen LogP contribution in [0.1, 0.15) is 50.4 Å². The molecule has 1 aliphatic rings. The lowest BCUT2D eigenvalue weighted by molar-refractivity contribution is 0.136. The molecule has 0 radical (unpaired) electrons. The molecular formula is C15H25N3. The molecule has 1 aromatic heterocycles. The zero-order chi connectivity index (χ0) is 13.1. The number of rotatable bonds is 4. The van der Waals surface area contributed by atoms with Crippen molar-refractivity contribution in [2.75, 3.05) is 6.54 Å². The molecule has 1 aliphatic heterocycles. The van der Waals surface area contributed by atoms with E-state index in [1.165, 1.54) is 24.8 Å². The maximum Gasteiger partial charge on any atom is 0.0491 e. The Morgan fingerprint density at radius 1 is 1.44 bits per heavy atom. The third-order valence-corrected chi connectivity index (χ3v) is 4.22. The summed E-state index contributed by atoms with van der Waals surface area (Å²) in [5.74, 6) is 0. The highest BCUT2D eigenvalue weighted by atomic mass is 15.2. The Morgan fingerprint density at radius 3 is 2.78 bits per heavy atom. The number of hydrogen-bond donors (Lipinski definition) is 1. The minimum atomic E-state index is 0.320. The first-order chi connectivity index (χ1) is 8.67. The van der Waals surface area contributed by atoms with Gasteiger partial charge in [-0.3, -0.25) is 9.88 Å². The Morgan fingerprint density at radius 2 is 2.22 bits per heavy atom. The fourth-order valence-corrected chi connectivity index (χ4v) is 3.17. The van der Waals surface area contributed by atoms with Crippen LogP contribution in [0.2, 0.25) is 0 Å². The molecule has 2 rings (SSSR count). The zero-order valence-electron chi connectivity index (χ0n) is 11.8. The predicted molar refractivity (Wildman–Crippen MR) is 75.4 cm³/mol. The third kappa shape index (κ3) is 2.57.